The van der Waals surface area contributed by atoms with E-state index in [0.29, 0.717) is 18.6 Å². The summed E-state index contributed by atoms with van der Waals surface area (Å²) in [5.74, 6) is -0.141. The second-order valence-corrected chi connectivity index (χ2v) is 7.52. The Morgan fingerprint density at radius 1 is 1.30 bits per heavy atom. The molecule has 0 aliphatic carbocycles. The fourth-order valence-corrected chi connectivity index (χ4v) is 3.71. The number of carbonyl (C=O) groups excluding carboxylic acids is 1. The molecule has 6 nitrogen and oxygen atoms in total. The Morgan fingerprint density at radius 2 is 1.97 bits per heavy atom. The number of aromatic nitrogens is 2. The van der Waals surface area contributed by atoms with E-state index in [4.69, 9.17) is 4.74 Å². The van der Waals surface area contributed by atoms with Crippen LogP contribution in [-0.2, 0) is 28.7 Å². The van der Waals surface area contributed by atoms with Crippen molar-refractivity contribution in [2.24, 2.45) is 0 Å². The van der Waals surface area contributed by atoms with Crippen molar-refractivity contribution in [1.82, 2.24) is 14.5 Å². The molecule has 3 rings (SSSR count). The number of fused-ring (bicyclic) bond motifs is 1. The van der Waals surface area contributed by atoms with Gasteiger partial charge in [0.1, 0.15) is 5.69 Å². The summed E-state index contributed by atoms with van der Waals surface area (Å²) < 4.78 is 46.2. The average Bonchev–Trinajstić information content (AvgIpc) is 2.66. The topological polar surface area (TPSA) is 64.4 Å². The maximum Gasteiger partial charge on any atom is 0.416 e. The Hall–Kier alpha value is -2.68. The molecular formula is C21H24F3N3O3. The number of aryl methyl sites for hydroxylation is 1. The number of halogens is 3. The lowest BCUT2D eigenvalue weighted by molar-refractivity contribution is -0.143. The average molecular weight is 423 g/mol. The fraction of sp³-hybridized carbons (Fsp3) is 0.476. The van der Waals surface area contributed by atoms with Crippen LogP contribution in [0.3, 0.4) is 0 Å². The highest BCUT2D eigenvalue weighted by molar-refractivity contribution is 5.77. The van der Waals surface area contributed by atoms with Gasteiger partial charge in [0.05, 0.1) is 28.8 Å². The van der Waals surface area contributed by atoms with Gasteiger partial charge in [-0.25, -0.2) is 4.98 Å². The van der Waals surface area contributed by atoms with E-state index in [-0.39, 0.29) is 48.7 Å². The summed E-state index contributed by atoms with van der Waals surface area (Å²) in [6.07, 6.45) is -3.11. The molecule has 1 aliphatic heterocycles. The minimum Gasteiger partial charge on any atom is -0.372 e. The van der Waals surface area contributed by atoms with Crippen LogP contribution in [0, 0.1) is 0 Å². The van der Waals surface area contributed by atoms with E-state index in [0.717, 1.165) is 12.1 Å². The van der Waals surface area contributed by atoms with Gasteiger partial charge in [-0.2, -0.15) is 13.2 Å². The van der Waals surface area contributed by atoms with E-state index >= 15 is 0 Å². The number of morpholine rings is 1. The molecule has 0 spiro atoms. The van der Waals surface area contributed by atoms with Gasteiger partial charge in [0.2, 0.25) is 5.91 Å². The monoisotopic (exact) mass is 423 g/mol. The second-order valence-electron chi connectivity index (χ2n) is 7.52. The smallest absolute Gasteiger partial charge is 0.372 e. The first-order valence-corrected chi connectivity index (χ1v) is 9.75. The molecular weight excluding hydrogens is 399 g/mol. The minimum absolute atomic E-state index is 0.0419. The summed E-state index contributed by atoms with van der Waals surface area (Å²) >= 11 is 0. The molecule has 162 valence electrons. The normalized spacial score (nSPS) is 19.8. The standard InChI is InChI=1S/C21H24F3N3O3/c1-4-9-27-18-7-5-15(21(22,23)24)10-17(18)25-16(20(27)29)6-8-19(28)26-11-13(2)30-14(3)12-26/h4-5,7,10,13-14H,1,6,8-9,11-12H2,2-3H3. The first-order chi connectivity index (χ1) is 14.1. The van der Waals surface area contributed by atoms with Crippen LogP contribution < -0.4 is 5.56 Å². The Bertz CT molecular complexity index is 1010. The third kappa shape index (κ3) is 4.72. The zero-order valence-corrected chi connectivity index (χ0v) is 16.9. The van der Waals surface area contributed by atoms with E-state index in [9.17, 15) is 22.8 Å². The highest BCUT2D eigenvalue weighted by atomic mass is 19.4. The molecule has 0 N–H and O–H groups in total. The van der Waals surface area contributed by atoms with Gasteiger partial charge in [0, 0.05) is 32.5 Å². The summed E-state index contributed by atoms with van der Waals surface area (Å²) in [5.41, 5.74) is -0.865. The van der Waals surface area contributed by atoms with E-state index in [1.807, 2.05) is 13.8 Å². The molecule has 1 saturated heterocycles. The van der Waals surface area contributed by atoms with Crippen LogP contribution in [0.1, 0.15) is 31.5 Å². The highest BCUT2D eigenvalue weighted by Crippen LogP contribution is 2.30. The van der Waals surface area contributed by atoms with E-state index in [1.54, 1.807) is 4.90 Å². The number of benzene rings is 1. The van der Waals surface area contributed by atoms with Crippen LogP contribution in [0.25, 0.3) is 11.0 Å². The molecule has 1 amide bonds. The zero-order chi connectivity index (χ0) is 22.1. The lowest BCUT2D eigenvalue weighted by atomic mass is 10.1. The van der Waals surface area contributed by atoms with Gasteiger partial charge in [-0.15, -0.1) is 6.58 Å². The Morgan fingerprint density at radius 3 is 2.57 bits per heavy atom. The van der Waals surface area contributed by atoms with Crippen molar-refractivity contribution < 1.29 is 22.7 Å². The van der Waals surface area contributed by atoms with Crippen LogP contribution in [0.4, 0.5) is 13.2 Å². The lowest BCUT2D eigenvalue weighted by Gasteiger charge is -2.35. The van der Waals surface area contributed by atoms with Crippen LogP contribution in [-0.4, -0.2) is 45.7 Å². The van der Waals surface area contributed by atoms with E-state index < -0.39 is 17.3 Å². The number of allylic oxidation sites excluding steroid dienone is 1. The maximum atomic E-state index is 13.1. The van der Waals surface area contributed by atoms with Gasteiger partial charge in [0.15, 0.2) is 0 Å². The van der Waals surface area contributed by atoms with Gasteiger partial charge < -0.3 is 14.2 Å². The number of carbonyl (C=O) groups is 1. The van der Waals surface area contributed by atoms with Crippen LogP contribution >= 0.6 is 0 Å². The molecule has 1 aromatic heterocycles. The van der Waals surface area contributed by atoms with Crippen molar-refractivity contribution >= 4 is 16.9 Å². The van der Waals surface area contributed by atoms with Crippen molar-refractivity contribution in [3.05, 3.63) is 52.5 Å². The molecule has 2 unspecified atom stereocenters. The van der Waals surface area contributed by atoms with Crippen LogP contribution in [0.5, 0.6) is 0 Å². The molecule has 2 atom stereocenters. The molecule has 0 radical (unpaired) electrons. The van der Waals surface area contributed by atoms with Crippen molar-refractivity contribution in [2.45, 2.75) is 51.6 Å². The molecule has 9 heteroatoms. The van der Waals surface area contributed by atoms with Gasteiger partial charge in [-0.05, 0) is 32.0 Å². The summed E-state index contributed by atoms with van der Waals surface area (Å²) in [6, 6.07) is 3.08. The van der Waals surface area contributed by atoms with Crippen molar-refractivity contribution in [1.29, 1.82) is 0 Å². The number of hydrogen-bond acceptors (Lipinski definition) is 4. The summed E-state index contributed by atoms with van der Waals surface area (Å²) in [4.78, 5) is 31.3. The molecule has 2 heterocycles. The van der Waals surface area contributed by atoms with Crippen LogP contribution in [0.15, 0.2) is 35.6 Å². The summed E-state index contributed by atoms with van der Waals surface area (Å²) in [6.45, 7) is 8.42. The Labute approximate surface area is 172 Å². The molecule has 2 aromatic rings. The lowest BCUT2D eigenvalue weighted by Crippen LogP contribution is -2.48. The minimum atomic E-state index is -4.52. The molecule has 0 saturated carbocycles. The van der Waals surface area contributed by atoms with Gasteiger partial charge in [-0.3, -0.25) is 9.59 Å². The Balaban J connectivity index is 1.90. The van der Waals surface area contributed by atoms with Crippen molar-refractivity contribution in [2.75, 3.05) is 13.1 Å². The molecule has 1 aliphatic rings. The third-order valence-electron chi connectivity index (χ3n) is 5.00. The Kier molecular flexibility index (Phi) is 6.30. The number of rotatable bonds is 5. The molecule has 0 bridgehead atoms. The SMILES string of the molecule is C=CCn1c(=O)c(CCC(=O)N2CC(C)OC(C)C2)nc2cc(C(F)(F)F)ccc21. The quantitative estimate of drug-likeness (QED) is 0.693. The second kappa shape index (κ2) is 8.59. The zero-order valence-electron chi connectivity index (χ0n) is 16.9. The highest BCUT2D eigenvalue weighted by Gasteiger charge is 2.31. The molecule has 30 heavy (non-hydrogen) atoms. The third-order valence-corrected chi connectivity index (χ3v) is 5.00. The number of ether oxygens (including phenoxy) is 1. The predicted octanol–water partition coefficient (Wildman–Crippen LogP) is 3.17. The first-order valence-electron chi connectivity index (χ1n) is 9.75. The van der Waals surface area contributed by atoms with Gasteiger partial charge in [-0.1, -0.05) is 6.08 Å². The van der Waals surface area contributed by atoms with Crippen molar-refractivity contribution in [3.8, 4) is 0 Å². The van der Waals surface area contributed by atoms with Crippen molar-refractivity contribution in [3.63, 3.8) is 0 Å². The van der Waals surface area contributed by atoms with E-state index in [1.165, 1.54) is 16.7 Å². The van der Waals surface area contributed by atoms with E-state index in [2.05, 4.69) is 11.6 Å². The summed E-state index contributed by atoms with van der Waals surface area (Å²) in [5, 5.41) is 0. The van der Waals surface area contributed by atoms with Gasteiger partial charge >= 0.3 is 6.18 Å². The maximum absolute atomic E-state index is 13.1. The fourth-order valence-electron chi connectivity index (χ4n) is 3.71. The van der Waals surface area contributed by atoms with Crippen LogP contribution in [0.2, 0.25) is 0 Å². The number of nitrogens with zero attached hydrogens (tertiary/aromatic N) is 3. The number of amides is 1. The summed E-state index contributed by atoms with van der Waals surface area (Å²) in [7, 11) is 0. The van der Waals surface area contributed by atoms with Gasteiger partial charge in [0.25, 0.3) is 5.56 Å². The molecule has 1 aromatic carbocycles. The number of hydrogen-bond donors (Lipinski definition) is 0. The molecule has 1 fully saturated rings. The predicted molar refractivity (Wildman–Crippen MR) is 106 cm³/mol. The largest absolute Gasteiger partial charge is 0.416 e. The first kappa shape index (κ1) is 22.0. The number of alkyl halides is 3.